The van der Waals surface area contributed by atoms with E-state index in [4.69, 9.17) is 19.7 Å². The van der Waals surface area contributed by atoms with E-state index in [1.807, 2.05) is 73.1 Å². The third-order valence-corrected chi connectivity index (χ3v) is 10.1. The molecule has 6 nitrogen and oxygen atoms in total. The van der Waals surface area contributed by atoms with Crippen molar-refractivity contribution in [3.05, 3.63) is 175 Å². The maximum atomic E-state index is 6.65. The smallest absolute Gasteiger partial charge is 0.503 e. The van der Waals surface area contributed by atoms with Crippen LogP contribution in [-0.4, -0.2) is 19.4 Å². The Balaban J connectivity index is 0.00000372. The Morgan fingerprint density at radius 1 is 0.585 bits per heavy atom. The quantitative estimate of drug-likeness (QED) is 0.127. The molecule has 0 bridgehead atoms. The van der Waals surface area contributed by atoms with Gasteiger partial charge in [-0.2, -0.15) is 6.07 Å². The van der Waals surface area contributed by atoms with Crippen molar-refractivity contribution in [2.24, 2.45) is 0 Å². The number of fused-ring (bicyclic) bond motifs is 8. The number of para-hydroxylation sites is 1. The zero-order valence-electron chi connectivity index (χ0n) is 28.9. The number of ether oxygens (including phenoxy) is 1. The number of benzene rings is 5. The number of hydrogen-bond acceptors (Lipinski definition) is 5. The topological polar surface area (TPSA) is 55.6 Å². The molecule has 0 fully saturated rings. The standard InChI is InChI=1S/C46H31N5O.Pt/c1-46(2)37-19-9-10-20-39(37)50(41-21-11-12-26-47-41)40-29-33(23-25-38(40)46)52-32-22-24-34-35-18-13-27-48-44(35)51-43(31-16-7-4-8-17-31)42(30-14-5-3-6-15-30)49-45(51)36(34)28-32;/h3-27H,1-2H3;/q-2;+2. The van der Waals surface area contributed by atoms with E-state index in [2.05, 4.69) is 114 Å². The van der Waals surface area contributed by atoms with E-state index >= 15 is 0 Å². The molecule has 5 heterocycles. The number of imidazole rings is 1. The molecule has 10 rings (SSSR count). The van der Waals surface area contributed by atoms with Crippen molar-refractivity contribution in [3.8, 4) is 34.0 Å². The van der Waals surface area contributed by atoms with Crippen LogP contribution in [0, 0.1) is 12.1 Å². The molecule has 0 spiro atoms. The summed E-state index contributed by atoms with van der Waals surface area (Å²) >= 11 is 0. The van der Waals surface area contributed by atoms with E-state index in [9.17, 15) is 0 Å². The average molecular weight is 865 g/mol. The van der Waals surface area contributed by atoms with Gasteiger partial charge in [-0.25, -0.2) is 9.97 Å². The molecule has 53 heavy (non-hydrogen) atoms. The van der Waals surface area contributed by atoms with Crippen LogP contribution in [0.3, 0.4) is 0 Å². The van der Waals surface area contributed by atoms with E-state index < -0.39 is 0 Å². The van der Waals surface area contributed by atoms with Gasteiger partial charge in [0.05, 0.1) is 17.0 Å². The average Bonchev–Trinajstić information content (AvgIpc) is 3.61. The van der Waals surface area contributed by atoms with Crippen LogP contribution in [0.1, 0.15) is 25.0 Å². The van der Waals surface area contributed by atoms with Crippen molar-refractivity contribution in [2.75, 3.05) is 4.90 Å². The van der Waals surface area contributed by atoms with Crippen LogP contribution in [0.25, 0.3) is 50.0 Å². The van der Waals surface area contributed by atoms with Crippen molar-refractivity contribution in [1.82, 2.24) is 19.4 Å². The molecular weight excluding hydrogens is 834 g/mol. The Bertz CT molecular complexity index is 2800. The molecule has 0 aliphatic carbocycles. The molecule has 4 aromatic heterocycles. The number of aromatic nitrogens is 4. The fourth-order valence-electron chi connectivity index (χ4n) is 7.68. The van der Waals surface area contributed by atoms with Crippen molar-refractivity contribution in [2.45, 2.75) is 19.3 Å². The Morgan fingerprint density at radius 3 is 2.08 bits per heavy atom. The van der Waals surface area contributed by atoms with Crippen LogP contribution in [0.2, 0.25) is 0 Å². The van der Waals surface area contributed by atoms with E-state index in [-0.39, 0.29) is 26.5 Å². The van der Waals surface area contributed by atoms with Gasteiger partial charge in [-0.15, -0.1) is 29.8 Å². The molecule has 1 aliphatic heterocycles. The summed E-state index contributed by atoms with van der Waals surface area (Å²) in [7, 11) is 0. The maximum Gasteiger partial charge on any atom is 2.00 e. The summed E-state index contributed by atoms with van der Waals surface area (Å²) in [5.74, 6) is 1.98. The first kappa shape index (κ1) is 32.8. The van der Waals surface area contributed by atoms with Crippen LogP contribution in [0.5, 0.6) is 11.5 Å². The van der Waals surface area contributed by atoms with Gasteiger partial charge in [0.2, 0.25) is 0 Å². The monoisotopic (exact) mass is 864 g/mol. The number of nitrogens with zero attached hydrogens (tertiary/aromatic N) is 5. The zero-order valence-corrected chi connectivity index (χ0v) is 31.2. The second-order valence-corrected chi connectivity index (χ2v) is 13.5. The predicted molar refractivity (Wildman–Crippen MR) is 208 cm³/mol. The predicted octanol–water partition coefficient (Wildman–Crippen LogP) is 11.3. The Labute approximate surface area is 321 Å². The van der Waals surface area contributed by atoms with E-state index in [0.29, 0.717) is 11.5 Å². The van der Waals surface area contributed by atoms with Gasteiger partial charge >= 0.3 is 21.1 Å². The van der Waals surface area contributed by atoms with Crippen LogP contribution < -0.4 is 9.64 Å². The summed E-state index contributed by atoms with van der Waals surface area (Å²) in [5, 5.41) is 2.86. The van der Waals surface area contributed by atoms with Gasteiger partial charge in [0, 0.05) is 40.7 Å². The number of rotatable bonds is 5. The molecule has 256 valence electrons. The Kier molecular flexibility index (Phi) is 7.94. The molecule has 5 aromatic carbocycles. The first-order chi connectivity index (χ1) is 25.6. The third kappa shape index (κ3) is 5.24. The largest absolute Gasteiger partial charge is 2.00 e. The van der Waals surface area contributed by atoms with E-state index in [1.165, 1.54) is 5.56 Å². The van der Waals surface area contributed by atoms with Gasteiger partial charge in [-0.05, 0) is 40.6 Å². The minimum absolute atomic E-state index is 0. The van der Waals surface area contributed by atoms with E-state index in [0.717, 1.165) is 72.7 Å². The summed E-state index contributed by atoms with van der Waals surface area (Å²) in [6, 6.07) is 54.8. The van der Waals surface area contributed by atoms with Gasteiger partial charge in [-0.3, -0.25) is 4.98 Å². The zero-order chi connectivity index (χ0) is 34.8. The second kappa shape index (κ2) is 12.8. The van der Waals surface area contributed by atoms with Gasteiger partial charge in [0.1, 0.15) is 11.5 Å². The molecule has 9 aromatic rings. The van der Waals surface area contributed by atoms with Crippen molar-refractivity contribution < 1.29 is 25.8 Å². The number of anilines is 3. The molecule has 0 N–H and O–H groups in total. The summed E-state index contributed by atoms with van der Waals surface area (Å²) in [5.41, 5.74) is 9.65. The van der Waals surface area contributed by atoms with Crippen molar-refractivity contribution >= 4 is 44.6 Å². The van der Waals surface area contributed by atoms with Gasteiger partial charge in [0.25, 0.3) is 0 Å². The van der Waals surface area contributed by atoms with Gasteiger partial charge < -0.3 is 14.0 Å². The summed E-state index contributed by atoms with van der Waals surface area (Å²) in [4.78, 5) is 17.2. The SMILES string of the molecule is CC1(C)c2ccc(Oc3[c-]c4c(cc3)c3cccnc3n3c(-c5ccccc5)c(-c5ccccc5)nc43)[c-]c2N(c2ccccn2)c2ccccc21.[Pt+2]. The molecule has 7 heteroatoms. The summed E-state index contributed by atoms with van der Waals surface area (Å²) in [6.07, 6.45) is 3.66. The Hall–Kier alpha value is -6.10. The van der Waals surface area contributed by atoms with Crippen LogP contribution in [0.4, 0.5) is 17.2 Å². The molecule has 0 saturated carbocycles. The fraction of sp³-hybridized carbons (Fsp3) is 0.0652. The molecule has 1 aliphatic rings. The first-order valence-corrected chi connectivity index (χ1v) is 17.4. The molecule has 0 amide bonds. The normalized spacial score (nSPS) is 13.1. The number of pyridine rings is 3. The van der Waals surface area contributed by atoms with Gasteiger partial charge in [0.15, 0.2) is 0 Å². The minimum Gasteiger partial charge on any atom is -0.503 e. The first-order valence-electron chi connectivity index (χ1n) is 17.4. The minimum atomic E-state index is -0.254. The maximum absolute atomic E-state index is 6.65. The molecule has 0 unspecified atom stereocenters. The van der Waals surface area contributed by atoms with Crippen LogP contribution in [0.15, 0.2) is 152 Å². The third-order valence-electron chi connectivity index (χ3n) is 10.1. The molecule has 0 atom stereocenters. The molecule has 0 radical (unpaired) electrons. The Morgan fingerprint density at radius 2 is 1.28 bits per heavy atom. The summed E-state index contributed by atoms with van der Waals surface area (Å²) < 4.78 is 8.82. The van der Waals surface area contributed by atoms with Crippen LogP contribution in [-0.2, 0) is 26.5 Å². The van der Waals surface area contributed by atoms with Gasteiger partial charge in [-0.1, -0.05) is 127 Å². The number of hydrogen-bond donors (Lipinski definition) is 0. The fourth-order valence-corrected chi connectivity index (χ4v) is 7.68. The van der Waals surface area contributed by atoms with Crippen molar-refractivity contribution in [1.29, 1.82) is 0 Å². The van der Waals surface area contributed by atoms with E-state index in [1.54, 1.807) is 0 Å². The molecule has 0 saturated heterocycles. The second-order valence-electron chi connectivity index (χ2n) is 13.5. The van der Waals surface area contributed by atoms with Crippen LogP contribution >= 0.6 is 0 Å². The molecular formula is C46H31N5OPt. The van der Waals surface area contributed by atoms with Crippen molar-refractivity contribution in [3.63, 3.8) is 0 Å². The summed E-state index contributed by atoms with van der Waals surface area (Å²) in [6.45, 7) is 4.52.